The monoisotopic (exact) mass is 323 g/mol. The van der Waals surface area contributed by atoms with Crippen molar-refractivity contribution in [3.8, 4) is 0 Å². The molecule has 1 aromatic heterocycles. The van der Waals surface area contributed by atoms with Gasteiger partial charge in [-0.25, -0.2) is 9.98 Å². The molecule has 24 heavy (non-hydrogen) atoms. The van der Waals surface area contributed by atoms with Gasteiger partial charge < -0.3 is 16.0 Å². The van der Waals surface area contributed by atoms with Crippen LogP contribution < -0.4 is 16.0 Å². The van der Waals surface area contributed by atoms with Gasteiger partial charge in [-0.1, -0.05) is 31.2 Å². The van der Waals surface area contributed by atoms with Crippen LogP contribution in [0.3, 0.4) is 0 Å². The maximum absolute atomic E-state index is 5.92. The van der Waals surface area contributed by atoms with Crippen molar-refractivity contribution in [2.45, 2.75) is 26.3 Å². The highest BCUT2D eigenvalue weighted by Gasteiger charge is 2.16. The summed E-state index contributed by atoms with van der Waals surface area (Å²) in [5.74, 6) is 2.30. The van der Waals surface area contributed by atoms with E-state index in [9.17, 15) is 0 Å². The summed E-state index contributed by atoms with van der Waals surface area (Å²) in [4.78, 5) is 11.3. The highest BCUT2D eigenvalue weighted by molar-refractivity contribution is 5.92. The Hall–Kier alpha value is -2.56. The summed E-state index contributed by atoms with van der Waals surface area (Å²) in [7, 11) is 0. The maximum atomic E-state index is 5.92. The molecule has 0 radical (unpaired) electrons. The Morgan fingerprint density at radius 1 is 1.21 bits per heavy atom. The summed E-state index contributed by atoms with van der Waals surface area (Å²) in [5, 5.41) is 3.08. The fourth-order valence-corrected chi connectivity index (χ4v) is 2.82. The van der Waals surface area contributed by atoms with E-state index in [1.807, 2.05) is 36.5 Å². The SMILES string of the molecule is CC1CCN(c2ccc(CN=C(N)Nc3ccccc3)cn2)CC1. The number of aromatic nitrogens is 1. The highest BCUT2D eigenvalue weighted by atomic mass is 15.2. The Balaban J connectivity index is 1.55. The quantitative estimate of drug-likeness (QED) is 0.669. The van der Waals surface area contributed by atoms with E-state index in [1.54, 1.807) is 0 Å². The molecule has 1 aliphatic rings. The second-order valence-electron chi connectivity index (χ2n) is 6.39. The number of hydrogen-bond acceptors (Lipinski definition) is 3. The van der Waals surface area contributed by atoms with Gasteiger partial charge in [0.15, 0.2) is 5.96 Å². The minimum Gasteiger partial charge on any atom is -0.370 e. The van der Waals surface area contributed by atoms with Crippen molar-refractivity contribution in [3.05, 3.63) is 54.2 Å². The van der Waals surface area contributed by atoms with Crippen LogP contribution >= 0.6 is 0 Å². The van der Waals surface area contributed by atoms with Crippen LogP contribution in [0.4, 0.5) is 11.5 Å². The summed E-state index contributed by atoms with van der Waals surface area (Å²) in [6.45, 7) is 5.04. The number of nitrogens with one attached hydrogen (secondary N) is 1. The van der Waals surface area contributed by atoms with E-state index in [0.717, 1.165) is 36.1 Å². The number of nitrogens with two attached hydrogens (primary N) is 1. The Labute approximate surface area is 143 Å². The third-order valence-electron chi connectivity index (χ3n) is 4.39. The van der Waals surface area contributed by atoms with Crippen LogP contribution in [-0.4, -0.2) is 24.0 Å². The average Bonchev–Trinajstić information content (AvgIpc) is 2.62. The van der Waals surface area contributed by atoms with Gasteiger partial charge in [-0.05, 0) is 42.5 Å². The fraction of sp³-hybridized carbons (Fsp3) is 0.368. The zero-order chi connectivity index (χ0) is 16.8. The van der Waals surface area contributed by atoms with Crippen LogP contribution in [0.2, 0.25) is 0 Å². The highest BCUT2D eigenvalue weighted by Crippen LogP contribution is 2.21. The lowest BCUT2D eigenvalue weighted by atomic mass is 9.99. The molecule has 2 aromatic rings. The smallest absolute Gasteiger partial charge is 0.193 e. The summed E-state index contributed by atoms with van der Waals surface area (Å²) in [6.07, 6.45) is 4.39. The first-order chi connectivity index (χ1) is 11.7. The fourth-order valence-electron chi connectivity index (χ4n) is 2.82. The van der Waals surface area contributed by atoms with Gasteiger partial charge in [0.05, 0.1) is 6.54 Å². The van der Waals surface area contributed by atoms with Gasteiger partial charge >= 0.3 is 0 Å². The molecule has 1 fully saturated rings. The van der Waals surface area contributed by atoms with Crippen molar-refractivity contribution in [3.63, 3.8) is 0 Å². The van der Waals surface area contributed by atoms with Crippen molar-refractivity contribution in [1.82, 2.24) is 4.98 Å². The molecule has 5 heteroatoms. The predicted octanol–water partition coefficient (Wildman–Crippen LogP) is 3.24. The number of hydrogen-bond donors (Lipinski definition) is 2. The number of pyridine rings is 1. The maximum Gasteiger partial charge on any atom is 0.193 e. The van der Waals surface area contributed by atoms with Crippen LogP contribution in [0.25, 0.3) is 0 Å². The number of benzene rings is 1. The van der Waals surface area contributed by atoms with Gasteiger partial charge in [0.25, 0.3) is 0 Å². The zero-order valence-corrected chi connectivity index (χ0v) is 14.2. The molecular formula is C19H25N5. The molecule has 0 unspecified atom stereocenters. The van der Waals surface area contributed by atoms with Crippen molar-refractivity contribution < 1.29 is 0 Å². The predicted molar refractivity (Wildman–Crippen MR) is 100 cm³/mol. The van der Waals surface area contributed by atoms with Crippen LogP contribution in [-0.2, 0) is 6.54 Å². The molecule has 0 amide bonds. The Morgan fingerprint density at radius 2 is 1.96 bits per heavy atom. The minimum absolute atomic E-state index is 0.412. The molecule has 0 saturated carbocycles. The minimum atomic E-state index is 0.412. The average molecular weight is 323 g/mol. The molecule has 1 aliphatic heterocycles. The lowest BCUT2D eigenvalue weighted by molar-refractivity contribution is 0.436. The zero-order valence-electron chi connectivity index (χ0n) is 14.2. The van der Waals surface area contributed by atoms with Gasteiger partial charge in [-0.15, -0.1) is 0 Å². The lowest BCUT2D eigenvalue weighted by Crippen LogP contribution is -2.33. The first-order valence-electron chi connectivity index (χ1n) is 8.52. The first kappa shape index (κ1) is 16.3. The van der Waals surface area contributed by atoms with Crippen LogP contribution in [0, 0.1) is 5.92 Å². The van der Waals surface area contributed by atoms with E-state index >= 15 is 0 Å². The molecule has 0 atom stereocenters. The van der Waals surface area contributed by atoms with E-state index in [2.05, 4.69) is 39.2 Å². The standard InChI is InChI=1S/C19H25N5/c1-15-9-11-24(12-10-15)18-8-7-16(13-21-18)14-22-19(20)23-17-5-3-2-4-6-17/h2-8,13,15H,9-12,14H2,1H3,(H3,20,22,23). The molecule has 0 bridgehead atoms. The van der Waals surface area contributed by atoms with Crippen molar-refractivity contribution in [1.29, 1.82) is 0 Å². The first-order valence-corrected chi connectivity index (χ1v) is 8.52. The van der Waals surface area contributed by atoms with Gasteiger partial charge in [-0.2, -0.15) is 0 Å². The molecule has 5 nitrogen and oxygen atoms in total. The molecule has 2 heterocycles. The lowest BCUT2D eigenvalue weighted by Gasteiger charge is -2.31. The topological polar surface area (TPSA) is 66.5 Å². The number of anilines is 2. The molecule has 1 aromatic carbocycles. The van der Waals surface area contributed by atoms with Gasteiger partial charge in [0.2, 0.25) is 0 Å². The summed E-state index contributed by atoms with van der Waals surface area (Å²) < 4.78 is 0. The Bertz CT molecular complexity index is 658. The second kappa shape index (κ2) is 7.81. The molecule has 3 N–H and O–H groups in total. The van der Waals surface area contributed by atoms with E-state index in [4.69, 9.17) is 5.73 Å². The molecule has 1 saturated heterocycles. The number of para-hydroxylation sites is 1. The number of nitrogens with zero attached hydrogens (tertiary/aromatic N) is 3. The summed E-state index contributed by atoms with van der Waals surface area (Å²) in [6, 6.07) is 14.0. The normalized spacial score (nSPS) is 16.2. The van der Waals surface area contributed by atoms with Crippen molar-refractivity contribution >= 4 is 17.5 Å². The van der Waals surface area contributed by atoms with Crippen LogP contribution in [0.5, 0.6) is 0 Å². The van der Waals surface area contributed by atoms with Crippen molar-refractivity contribution in [2.75, 3.05) is 23.3 Å². The van der Waals surface area contributed by atoms with E-state index in [0.29, 0.717) is 12.5 Å². The molecule has 0 aliphatic carbocycles. The van der Waals surface area contributed by atoms with E-state index < -0.39 is 0 Å². The second-order valence-corrected chi connectivity index (χ2v) is 6.39. The summed E-state index contributed by atoms with van der Waals surface area (Å²) in [5.41, 5.74) is 7.92. The van der Waals surface area contributed by atoms with Gasteiger partial charge in [0, 0.05) is 25.0 Å². The summed E-state index contributed by atoms with van der Waals surface area (Å²) >= 11 is 0. The molecule has 3 rings (SSSR count). The van der Waals surface area contributed by atoms with Gasteiger partial charge in [0.1, 0.15) is 5.82 Å². The van der Waals surface area contributed by atoms with E-state index in [1.165, 1.54) is 12.8 Å². The molecular weight excluding hydrogens is 298 g/mol. The number of piperidine rings is 1. The molecule has 0 spiro atoms. The third-order valence-corrected chi connectivity index (χ3v) is 4.39. The van der Waals surface area contributed by atoms with Crippen LogP contribution in [0.1, 0.15) is 25.3 Å². The number of aliphatic imine (C=N–C) groups is 1. The van der Waals surface area contributed by atoms with Gasteiger partial charge in [-0.3, -0.25) is 0 Å². The number of rotatable bonds is 4. The Kier molecular flexibility index (Phi) is 5.31. The largest absolute Gasteiger partial charge is 0.370 e. The van der Waals surface area contributed by atoms with E-state index in [-0.39, 0.29) is 0 Å². The third kappa shape index (κ3) is 4.47. The van der Waals surface area contributed by atoms with Crippen molar-refractivity contribution in [2.24, 2.45) is 16.6 Å². The Morgan fingerprint density at radius 3 is 2.62 bits per heavy atom. The van der Waals surface area contributed by atoms with Crippen LogP contribution in [0.15, 0.2) is 53.7 Å². The molecule has 126 valence electrons. The number of guanidine groups is 1.